The molecule has 2 amide bonds. The van der Waals surface area contributed by atoms with E-state index in [1.165, 1.54) is 25.4 Å². The van der Waals surface area contributed by atoms with Gasteiger partial charge in [-0.15, -0.1) is 0 Å². The van der Waals surface area contributed by atoms with Crippen LogP contribution in [0.2, 0.25) is 0 Å². The fourth-order valence-corrected chi connectivity index (χ4v) is 3.76. The van der Waals surface area contributed by atoms with Crippen LogP contribution in [0, 0.1) is 5.82 Å². The number of carbonyl (C=O) groups excluding carboxylic acids is 2. The summed E-state index contributed by atoms with van der Waals surface area (Å²) < 4.78 is 18.7. The zero-order valence-electron chi connectivity index (χ0n) is 17.0. The molecular formula is C24H22FN3O3. The molecule has 1 aromatic heterocycles. The number of halogens is 1. The van der Waals surface area contributed by atoms with Crippen LogP contribution in [0.3, 0.4) is 0 Å². The van der Waals surface area contributed by atoms with E-state index >= 15 is 0 Å². The van der Waals surface area contributed by atoms with Gasteiger partial charge in [0.05, 0.1) is 23.8 Å². The Kier molecular flexibility index (Phi) is 5.66. The van der Waals surface area contributed by atoms with Crippen molar-refractivity contribution in [2.75, 3.05) is 17.7 Å². The van der Waals surface area contributed by atoms with Crippen molar-refractivity contribution in [3.63, 3.8) is 0 Å². The van der Waals surface area contributed by atoms with Gasteiger partial charge in [-0.1, -0.05) is 18.6 Å². The lowest BCUT2D eigenvalue weighted by atomic mass is 9.64. The molecule has 0 atom stereocenters. The standard InChI is InChI=1S/C24H22FN3O3/c1-31-21-14-19(9-10-20(21)28-22(29)16-4-2-13-26-15-16)27-23(30)24(11-3-12-24)17-5-7-18(25)8-6-17/h2,4-10,13-15H,3,11-12H2,1H3,(H,27,30)(H,28,29). The van der Waals surface area contributed by atoms with Crippen molar-refractivity contribution in [3.8, 4) is 5.75 Å². The van der Waals surface area contributed by atoms with Gasteiger partial charge in [0.2, 0.25) is 5.91 Å². The van der Waals surface area contributed by atoms with Gasteiger partial charge in [-0.05, 0) is 54.8 Å². The van der Waals surface area contributed by atoms with Crippen LogP contribution in [0.1, 0.15) is 35.2 Å². The molecule has 31 heavy (non-hydrogen) atoms. The molecule has 2 N–H and O–H groups in total. The van der Waals surface area contributed by atoms with Gasteiger partial charge in [0.15, 0.2) is 0 Å². The number of carbonyl (C=O) groups is 2. The number of nitrogens with zero attached hydrogens (tertiary/aromatic N) is 1. The lowest BCUT2D eigenvalue weighted by Gasteiger charge is -2.40. The van der Waals surface area contributed by atoms with Gasteiger partial charge < -0.3 is 15.4 Å². The van der Waals surface area contributed by atoms with E-state index in [2.05, 4.69) is 15.6 Å². The summed E-state index contributed by atoms with van der Waals surface area (Å²) in [5, 5.41) is 5.74. The third-order valence-corrected chi connectivity index (χ3v) is 5.67. The minimum absolute atomic E-state index is 0.139. The number of pyridine rings is 1. The number of anilines is 2. The van der Waals surface area contributed by atoms with Crippen LogP contribution in [-0.4, -0.2) is 23.9 Å². The molecule has 0 bridgehead atoms. The molecule has 6 nitrogen and oxygen atoms in total. The summed E-state index contributed by atoms with van der Waals surface area (Å²) in [7, 11) is 1.49. The average Bonchev–Trinajstić information content (AvgIpc) is 2.76. The Morgan fingerprint density at radius 2 is 1.84 bits per heavy atom. The van der Waals surface area contributed by atoms with E-state index in [4.69, 9.17) is 4.74 Å². The lowest BCUT2D eigenvalue weighted by molar-refractivity contribution is -0.124. The topological polar surface area (TPSA) is 80.3 Å². The number of hydrogen-bond donors (Lipinski definition) is 2. The summed E-state index contributed by atoms with van der Waals surface area (Å²) in [6.07, 6.45) is 5.43. The predicted molar refractivity (Wildman–Crippen MR) is 116 cm³/mol. The molecule has 0 spiro atoms. The minimum Gasteiger partial charge on any atom is -0.494 e. The third kappa shape index (κ3) is 4.12. The molecule has 7 heteroatoms. The second-order valence-electron chi connectivity index (χ2n) is 7.51. The Morgan fingerprint density at radius 1 is 1.06 bits per heavy atom. The minimum atomic E-state index is -0.659. The fourth-order valence-electron chi connectivity index (χ4n) is 3.76. The smallest absolute Gasteiger partial charge is 0.257 e. The van der Waals surface area contributed by atoms with E-state index in [0.717, 1.165) is 12.0 Å². The molecule has 4 rings (SSSR count). The molecule has 2 aromatic carbocycles. The maximum atomic E-state index is 13.3. The van der Waals surface area contributed by atoms with E-state index in [0.29, 0.717) is 35.5 Å². The summed E-state index contributed by atoms with van der Waals surface area (Å²) in [5.74, 6) is -0.362. The highest BCUT2D eigenvalue weighted by Crippen LogP contribution is 2.45. The molecule has 0 radical (unpaired) electrons. The number of ether oxygens (including phenoxy) is 1. The van der Waals surface area contributed by atoms with E-state index < -0.39 is 5.41 Å². The number of rotatable bonds is 6. The highest BCUT2D eigenvalue weighted by Gasteiger charge is 2.45. The van der Waals surface area contributed by atoms with Crippen molar-refractivity contribution in [2.24, 2.45) is 0 Å². The summed E-state index contributed by atoms with van der Waals surface area (Å²) >= 11 is 0. The zero-order chi connectivity index (χ0) is 21.8. The van der Waals surface area contributed by atoms with Crippen LogP contribution in [-0.2, 0) is 10.2 Å². The monoisotopic (exact) mass is 419 g/mol. The van der Waals surface area contributed by atoms with E-state index in [1.54, 1.807) is 48.7 Å². The van der Waals surface area contributed by atoms with E-state index in [9.17, 15) is 14.0 Å². The quantitative estimate of drug-likeness (QED) is 0.615. The number of amides is 2. The first-order valence-electron chi connectivity index (χ1n) is 9.99. The van der Waals surface area contributed by atoms with Crippen LogP contribution in [0.5, 0.6) is 5.75 Å². The first-order chi connectivity index (χ1) is 15.0. The maximum Gasteiger partial charge on any atom is 0.257 e. The summed E-state index contributed by atoms with van der Waals surface area (Å²) in [4.78, 5) is 29.5. The van der Waals surface area contributed by atoms with Gasteiger partial charge in [0.25, 0.3) is 5.91 Å². The molecule has 1 fully saturated rings. The molecule has 1 heterocycles. The average molecular weight is 419 g/mol. The fraction of sp³-hybridized carbons (Fsp3) is 0.208. The first-order valence-corrected chi connectivity index (χ1v) is 9.99. The van der Waals surface area contributed by atoms with Crippen LogP contribution in [0.25, 0.3) is 0 Å². The number of hydrogen-bond acceptors (Lipinski definition) is 4. The molecular weight excluding hydrogens is 397 g/mol. The zero-order valence-corrected chi connectivity index (χ0v) is 17.0. The number of aromatic nitrogens is 1. The number of nitrogens with one attached hydrogen (secondary N) is 2. The lowest BCUT2D eigenvalue weighted by Crippen LogP contribution is -2.46. The molecule has 158 valence electrons. The van der Waals surface area contributed by atoms with Gasteiger partial charge in [0, 0.05) is 24.1 Å². The Balaban J connectivity index is 1.52. The molecule has 0 aliphatic heterocycles. The summed E-state index contributed by atoms with van der Waals surface area (Å²) in [6, 6.07) is 14.5. The van der Waals surface area contributed by atoms with Gasteiger partial charge in [-0.2, -0.15) is 0 Å². The van der Waals surface area contributed by atoms with Gasteiger partial charge in [0.1, 0.15) is 11.6 Å². The Bertz CT molecular complexity index is 1100. The Morgan fingerprint density at radius 3 is 2.45 bits per heavy atom. The largest absolute Gasteiger partial charge is 0.494 e. The molecule has 3 aromatic rings. The highest BCUT2D eigenvalue weighted by atomic mass is 19.1. The molecule has 0 saturated heterocycles. The SMILES string of the molecule is COc1cc(NC(=O)C2(c3ccc(F)cc3)CCC2)ccc1NC(=O)c1cccnc1. The van der Waals surface area contributed by atoms with E-state index in [1.807, 2.05) is 0 Å². The number of benzene rings is 2. The van der Waals surface area contributed by atoms with Crippen molar-refractivity contribution in [3.05, 3.63) is 83.9 Å². The van der Waals surface area contributed by atoms with Gasteiger partial charge >= 0.3 is 0 Å². The normalized spacial score (nSPS) is 14.3. The van der Waals surface area contributed by atoms with Crippen molar-refractivity contribution in [1.29, 1.82) is 0 Å². The maximum absolute atomic E-state index is 13.3. The van der Waals surface area contributed by atoms with Crippen molar-refractivity contribution in [1.82, 2.24) is 4.98 Å². The second kappa shape index (κ2) is 8.55. The first kappa shape index (κ1) is 20.5. The number of methoxy groups -OCH3 is 1. The van der Waals surface area contributed by atoms with Crippen LogP contribution in [0.15, 0.2) is 67.0 Å². The summed E-state index contributed by atoms with van der Waals surface area (Å²) in [5.41, 5.74) is 1.60. The third-order valence-electron chi connectivity index (χ3n) is 5.67. The van der Waals surface area contributed by atoms with Crippen molar-refractivity contribution >= 4 is 23.2 Å². The van der Waals surface area contributed by atoms with Crippen LogP contribution in [0.4, 0.5) is 15.8 Å². The molecule has 1 aliphatic carbocycles. The van der Waals surface area contributed by atoms with Crippen LogP contribution >= 0.6 is 0 Å². The van der Waals surface area contributed by atoms with Gasteiger partial charge in [-0.3, -0.25) is 14.6 Å². The van der Waals surface area contributed by atoms with Crippen molar-refractivity contribution < 1.29 is 18.7 Å². The Hall–Kier alpha value is -3.74. The van der Waals surface area contributed by atoms with Gasteiger partial charge in [-0.25, -0.2) is 4.39 Å². The van der Waals surface area contributed by atoms with Crippen LogP contribution < -0.4 is 15.4 Å². The molecule has 1 saturated carbocycles. The second-order valence-corrected chi connectivity index (χ2v) is 7.51. The molecule has 1 aliphatic rings. The van der Waals surface area contributed by atoms with Crippen molar-refractivity contribution in [2.45, 2.75) is 24.7 Å². The Labute approximate surface area is 179 Å². The molecule has 0 unspecified atom stereocenters. The highest BCUT2D eigenvalue weighted by molar-refractivity contribution is 6.05. The summed E-state index contributed by atoms with van der Waals surface area (Å²) in [6.45, 7) is 0. The predicted octanol–water partition coefficient (Wildman–Crippen LogP) is 4.54. The van der Waals surface area contributed by atoms with E-state index in [-0.39, 0.29) is 17.6 Å².